The van der Waals surface area contributed by atoms with Gasteiger partial charge in [0.2, 0.25) is 0 Å². The molecule has 4 heteroatoms. The maximum Gasteiger partial charge on any atom is 0.410 e. The van der Waals surface area contributed by atoms with Gasteiger partial charge in [-0.05, 0) is 22.3 Å². The molecule has 0 saturated carbocycles. The van der Waals surface area contributed by atoms with E-state index in [4.69, 9.17) is 4.74 Å². The average Bonchev–Trinajstić information content (AvgIpc) is 2.97. The number of fused-ring (bicyclic) bond motifs is 1. The van der Waals surface area contributed by atoms with Crippen molar-refractivity contribution in [1.82, 2.24) is 4.90 Å². The van der Waals surface area contributed by atoms with Crippen LogP contribution in [0, 0.1) is 0 Å². The van der Waals surface area contributed by atoms with Gasteiger partial charge in [-0.3, -0.25) is 4.90 Å². The molecule has 2 aromatic carbocycles. The summed E-state index contributed by atoms with van der Waals surface area (Å²) < 4.78 is 5.39. The zero-order valence-corrected chi connectivity index (χ0v) is 13.2. The van der Waals surface area contributed by atoms with Crippen molar-refractivity contribution in [2.75, 3.05) is 0 Å². The second-order valence-electron chi connectivity index (χ2n) is 5.08. The number of carbonyl (C=O) groups is 1. The van der Waals surface area contributed by atoms with Crippen LogP contribution in [0.25, 0.3) is 0 Å². The van der Waals surface area contributed by atoms with Gasteiger partial charge in [0.15, 0.2) is 0 Å². The molecule has 1 heterocycles. The Bertz CT molecular complexity index is 642. The normalized spacial score (nSPS) is 13.1. The molecule has 0 aromatic heterocycles. The zero-order chi connectivity index (χ0) is 14.7. The van der Waals surface area contributed by atoms with Crippen molar-refractivity contribution in [3.8, 4) is 0 Å². The van der Waals surface area contributed by atoms with Crippen LogP contribution in [0.1, 0.15) is 22.3 Å². The SMILES string of the molecule is O=C(OCc1ccccc1)N1Cc2cccc(CBr)c2C1. The van der Waals surface area contributed by atoms with Gasteiger partial charge in [0.05, 0.1) is 6.54 Å². The van der Waals surface area contributed by atoms with E-state index in [0.29, 0.717) is 19.7 Å². The predicted molar refractivity (Wildman–Crippen MR) is 84.9 cm³/mol. The van der Waals surface area contributed by atoms with E-state index in [9.17, 15) is 4.79 Å². The number of nitrogens with zero attached hydrogens (tertiary/aromatic N) is 1. The van der Waals surface area contributed by atoms with Crippen molar-refractivity contribution in [3.05, 3.63) is 70.8 Å². The molecule has 2 aromatic rings. The molecule has 3 nitrogen and oxygen atoms in total. The number of halogens is 1. The standard InChI is InChI=1S/C17H16BrNO2/c18-9-14-7-4-8-15-10-19(11-16(14)15)17(20)21-12-13-5-2-1-3-6-13/h1-8H,9-12H2. The lowest BCUT2D eigenvalue weighted by molar-refractivity contribution is 0.0955. The molecule has 0 N–H and O–H groups in total. The lowest BCUT2D eigenvalue weighted by atomic mass is 10.1. The maximum absolute atomic E-state index is 12.2. The third-order valence-corrected chi connectivity index (χ3v) is 4.29. The van der Waals surface area contributed by atoms with E-state index in [-0.39, 0.29) is 6.09 Å². The highest BCUT2D eigenvalue weighted by molar-refractivity contribution is 9.08. The first-order valence-electron chi connectivity index (χ1n) is 6.89. The monoisotopic (exact) mass is 345 g/mol. The molecule has 0 atom stereocenters. The van der Waals surface area contributed by atoms with Crippen molar-refractivity contribution >= 4 is 22.0 Å². The Morgan fingerprint density at radius 1 is 1.10 bits per heavy atom. The highest BCUT2D eigenvalue weighted by atomic mass is 79.9. The molecule has 3 rings (SSSR count). The van der Waals surface area contributed by atoms with Crippen LogP contribution < -0.4 is 0 Å². The second-order valence-corrected chi connectivity index (χ2v) is 5.65. The van der Waals surface area contributed by atoms with E-state index >= 15 is 0 Å². The summed E-state index contributed by atoms with van der Waals surface area (Å²) >= 11 is 3.49. The van der Waals surface area contributed by atoms with Gasteiger partial charge in [-0.25, -0.2) is 4.79 Å². The molecule has 0 spiro atoms. The van der Waals surface area contributed by atoms with Crippen LogP contribution in [0.5, 0.6) is 0 Å². The van der Waals surface area contributed by atoms with Gasteiger partial charge in [-0.1, -0.05) is 64.5 Å². The number of ether oxygens (including phenoxy) is 1. The second kappa shape index (κ2) is 6.31. The quantitative estimate of drug-likeness (QED) is 0.779. The van der Waals surface area contributed by atoms with E-state index in [1.165, 1.54) is 16.7 Å². The number of hydrogen-bond donors (Lipinski definition) is 0. The van der Waals surface area contributed by atoms with Gasteiger partial charge in [0, 0.05) is 11.9 Å². The lowest BCUT2D eigenvalue weighted by Crippen LogP contribution is -2.26. The first kappa shape index (κ1) is 14.1. The summed E-state index contributed by atoms with van der Waals surface area (Å²) in [6.07, 6.45) is -0.254. The van der Waals surface area contributed by atoms with Gasteiger partial charge >= 0.3 is 6.09 Å². The topological polar surface area (TPSA) is 29.5 Å². The zero-order valence-electron chi connectivity index (χ0n) is 11.6. The van der Waals surface area contributed by atoms with Crippen molar-refractivity contribution in [2.24, 2.45) is 0 Å². The molecule has 1 aliphatic rings. The Hall–Kier alpha value is -1.81. The third kappa shape index (κ3) is 3.10. The minimum atomic E-state index is -0.254. The number of rotatable bonds is 3. The highest BCUT2D eigenvalue weighted by Crippen LogP contribution is 2.27. The fourth-order valence-electron chi connectivity index (χ4n) is 2.56. The van der Waals surface area contributed by atoms with E-state index in [2.05, 4.69) is 28.1 Å². The molecule has 0 bridgehead atoms. The van der Waals surface area contributed by atoms with E-state index in [1.54, 1.807) is 4.90 Å². The van der Waals surface area contributed by atoms with E-state index < -0.39 is 0 Å². The Morgan fingerprint density at radius 2 is 1.90 bits per heavy atom. The molecule has 21 heavy (non-hydrogen) atoms. The summed E-state index contributed by atoms with van der Waals surface area (Å²) in [6.45, 7) is 1.58. The van der Waals surface area contributed by atoms with Crippen LogP contribution in [0.15, 0.2) is 48.5 Å². The fraction of sp³-hybridized carbons (Fsp3) is 0.235. The summed E-state index contributed by atoms with van der Waals surface area (Å²) in [4.78, 5) is 13.9. The predicted octanol–water partition coefficient (Wildman–Crippen LogP) is 4.23. The van der Waals surface area contributed by atoms with Crippen LogP contribution >= 0.6 is 15.9 Å². The molecule has 0 unspecified atom stereocenters. The van der Waals surface area contributed by atoms with Crippen molar-refractivity contribution in [1.29, 1.82) is 0 Å². The molecular formula is C17H16BrNO2. The van der Waals surface area contributed by atoms with E-state index in [1.807, 2.05) is 36.4 Å². The average molecular weight is 346 g/mol. The molecule has 0 saturated heterocycles. The van der Waals surface area contributed by atoms with Gasteiger partial charge in [0.25, 0.3) is 0 Å². The first-order chi connectivity index (χ1) is 10.3. The third-order valence-electron chi connectivity index (χ3n) is 3.69. The summed E-state index contributed by atoms with van der Waals surface area (Å²) in [5.41, 5.74) is 4.70. The largest absolute Gasteiger partial charge is 0.445 e. The minimum Gasteiger partial charge on any atom is -0.445 e. The smallest absolute Gasteiger partial charge is 0.410 e. The highest BCUT2D eigenvalue weighted by Gasteiger charge is 2.25. The van der Waals surface area contributed by atoms with Crippen molar-refractivity contribution in [3.63, 3.8) is 0 Å². The number of alkyl halides is 1. The first-order valence-corrected chi connectivity index (χ1v) is 8.01. The van der Waals surface area contributed by atoms with Gasteiger partial charge < -0.3 is 4.74 Å². The van der Waals surface area contributed by atoms with Gasteiger partial charge in [-0.15, -0.1) is 0 Å². The molecule has 0 radical (unpaired) electrons. The molecule has 1 amide bonds. The van der Waals surface area contributed by atoms with Gasteiger partial charge in [-0.2, -0.15) is 0 Å². The van der Waals surface area contributed by atoms with Crippen LogP contribution in [0.3, 0.4) is 0 Å². The minimum absolute atomic E-state index is 0.254. The Morgan fingerprint density at radius 3 is 2.67 bits per heavy atom. The summed E-state index contributed by atoms with van der Waals surface area (Å²) in [5.74, 6) is 0. The number of amides is 1. The Balaban J connectivity index is 1.63. The molecule has 108 valence electrons. The molecule has 0 fully saturated rings. The summed E-state index contributed by atoms with van der Waals surface area (Å²) in [7, 11) is 0. The lowest BCUT2D eigenvalue weighted by Gasteiger charge is -2.15. The van der Waals surface area contributed by atoms with Crippen LogP contribution in [-0.2, 0) is 29.8 Å². The fourth-order valence-corrected chi connectivity index (χ4v) is 3.08. The van der Waals surface area contributed by atoms with Crippen LogP contribution in [0.2, 0.25) is 0 Å². The maximum atomic E-state index is 12.2. The number of carbonyl (C=O) groups excluding carboxylic acids is 1. The molecular weight excluding hydrogens is 330 g/mol. The summed E-state index contributed by atoms with van der Waals surface area (Å²) in [5, 5.41) is 0.809. The van der Waals surface area contributed by atoms with Crippen molar-refractivity contribution in [2.45, 2.75) is 25.0 Å². The molecule has 0 aliphatic carbocycles. The van der Waals surface area contributed by atoms with Crippen LogP contribution in [-0.4, -0.2) is 11.0 Å². The van der Waals surface area contributed by atoms with Crippen molar-refractivity contribution < 1.29 is 9.53 Å². The van der Waals surface area contributed by atoms with E-state index in [0.717, 1.165) is 10.9 Å². The van der Waals surface area contributed by atoms with Gasteiger partial charge in [0.1, 0.15) is 6.61 Å². The number of hydrogen-bond acceptors (Lipinski definition) is 2. The number of benzene rings is 2. The van der Waals surface area contributed by atoms with Crippen LogP contribution in [0.4, 0.5) is 4.79 Å². The Kier molecular flexibility index (Phi) is 4.25. The Labute approximate surface area is 132 Å². The molecule has 1 aliphatic heterocycles. The summed E-state index contributed by atoms with van der Waals surface area (Å²) in [6, 6.07) is 15.9.